The largest absolute Gasteiger partial charge is 0.489 e. The first kappa shape index (κ1) is 10.8. The molecule has 0 aliphatic rings. The Morgan fingerprint density at radius 1 is 1.36 bits per heavy atom. The monoisotopic (exact) mass is 336 g/mol. The van der Waals surface area contributed by atoms with Crippen LogP contribution < -0.4 is 5.46 Å². The lowest BCUT2D eigenvalue weighted by molar-refractivity contribution is 0.426. The summed E-state index contributed by atoms with van der Waals surface area (Å²) >= 11 is 8.07. The van der Waals surface area contributed by atoms with Crippen LogP contribution in [-0.2, 0) is 0 Å². The molecule has 0 spiro atoms. The van der Waals surface area contributed by atoms with Crippen LogP contribution in [0.1, 0.15) is 0 Å². The fraction of sp³-hybridized carbons (Fsp3) is 0. The number of benzene rings is 1. The van der Waals surface area contributed by atoms with Crippen molar-refractivity contribution in [1.82, 2.24) is 0 Å². The van der Waals surface area contributed by atoms with Gasteiger partial charge in [-0.3, -0.25) is 0 Å². The Labute approximate surface area is 105 Å². The molecule has 0 saturated heterocycles. The van der Waals surface area contributed by atoms with E-state index in [4.69, 9.17) is 0 Å². The van der Waals surface area contributed by atoms with Crippen LogP contribution in [0.5, 0.6) is 0 Å². The van der Waals surface area contributed by atoms with Crippen LogP contribution in [0.3, 0.4) is 0 Å². The van der Waals surface area contributed by atoms with Gasteiger partial charge in [0, 0.05) is 23.9 Å². The smallest absolute Gasteiger partial charge is 0.423 e. The average molecular weight is 336 g/mol. The van der Waals surface area contributed by atoms with Crippen LogP contribution in [0.25, 0.3) is 10.1 Å². The van der Waals surface area contributed by atoms with Gasteiger partial charge < -0.3 is 10.0 Å². The normalized spacial score (nSPS) is 10.9. The van der Waals surface area contributed by atoms with Crippen molar-refractivity contribution in [3.8, 4) is 0 Å². The summed E-state index contributed by atoms with van der Waals surface area (Å²) in [6, 6.07) is 3.48. The standard InChI is InChI=1S/C8H6BIO2S2/c10-5-3-14-8-6(13)2-1-4(7(5)8)9(11)12/h1-3,11-13H. The quantitative estimate of drug-likeness (QED) is 0.419. The highest BCUT2D eigenvalue weighted by Gasteiger charge is 2.18. The van der Waals surface area contributed by atoms with Crippen LogP contribution in [0.15, 0.2) is 22.4 Å². The maximum atomic E-state index is 9.19. The van der Waals surface area contributed by atoms with E-state index in [1.807, 2.05) is 5.38 Å². The zero-order valence-electron chi connectivity index (χ0n) is 6.94. The van der Waals surface area contributed by atoms with Crippen molar-refractivity contribution in [2.75, 3.05) is 0 Å². The van der Waals surface area contributed by atoms with Crippen molar-refractivity contribution in [3.05, 3.63) is 21.1 Å². The lowest BCUT2D eigenvalue weighted by atomic mass is 9.78. The first-order valence-corrected chi connectivity index (χ1v) is 6.26. The molecule has 2 rings (SSSR count). The third kappa shape index (κ3) is 1.69. The molecule has 0 atom stereocenters. The number of halogens is 1. The van der Waals surface area contributed by atoms with Gasteiger partial charge in [-0.15, -0.1) is 24.0 Å². The maximum absolute atomic E-state index is 9.19. The van der Waals surface area contributed by atoms with Crippen molar-refractivity contribution < 1.29 is 10.0 Å². The van der Waals surface area contributed by atoms with Gasteiger partial charge in [-0.05, 0) is 34.1 Å². The Hall–Kier alpha value is 0.245. The Morgan fingerprint density at radius 3 is 2.71 bits per heavy atom. The van der Waals surface area contributed by atoms with Gasteiger partial charge in [0.05, 0.1) is 0 Å². The number of fused-ring (bicyclic) bond motifs is 1. The molecular formula is C8H6BIO2S2. The number of hydrogen-bond acceptors (Lipinski definition) is 4. The molecule has 0 fully saturated rings. The van der Waals surface area contributed by atoms with Crippen LogP contribution in [0.2, 0.25) is 0 Å². The van der Waals surface area contributed by atoms with Gasteiger partial charge in [0.25, 0.3) is 0 Å². The average Bonchev–Trinajstić information content (AvgIpc) is 2.50. The number of hydrogen-bond donors (Lipinski definition) is 3. The highest BCUT2D eigenvalue weighted by Crippen LogP contribution is 2.30. The van der Waals surface area contributed by atoms with Gasteiger partial charge in [-0.2, -0.15) is 0 Å². The summed E-state index contributed by atoms with van der Waals surface area (Å²) in [5, 5.41) is 21.3. The summed E-state index contributed by atoms with van der Waals surface area (Å²) < 4.78 is 2.03. The van der Waals surface area contributed by atoms with E-state index in [0.29, 0.717) is 5.46 Å². The highest BCUT2D eigenvalue weighted by molar-refractivity contribution is 14.1. The van der Waals surface area contributed by atoms with Crippen molar-refractivity contribution in [3.63, 3.8) is 0 Å². The fourth-order valence-corrected chi connectivity index (χ4v) is 3.70. The van der Waals surface area contributed by atoms with Gasteiger partial charge in [-0.25, -0.2) is 0 Å². The summed E-state index contributed by atoms with van der Waals surface area (Å²) in [6.45, 7) is 0. The Bertz CT molecular complexity index is 483. The first-order chi connectivity index (χ1) is 6.61. The summed E-state index contributed by atoms with van der Waals surface area (Å²) in [4.78, 5) is 0.873. The van der Waals surface area contributed by atoms with E-state index in [-0.39, 0.29) is 0 Å². The molecule has 72 valence electrons. The molecule has 14 heavy (non-hydrogen) atoms. The van der Waals surface area contributed by atoms with Gasteiger partial charge in [0.1, 0.15) is 0 Å². The predicted octanol–water partition coefficient (Wildman–Crippen LogP) is 1.47. The Kier molecular flexibility index (Phi) is 3.08. The van der Waals surface area contributed by atoms with Crippen molar-refractivity contribution in [1.29, 1.82) is 0 Å². The summed E-state index contributed by atoms with van der Waals surface area (Å²) in [5.41, 5.74) is 0.545. The van der Waals surface area contributed by atoms with Crippen LogP contribution >= 0.6 is 46.6 Å². The van der Waals surface area contributed by atoms with E-state index in [1.165, 1.54) is 0 Å². The summed E-state index contributed by atoms with van der Waals surface area (Å²) in [6.07, 6.45) is 0. The molecule has 1 aromatic carbocycles. The van der Waals surface area contributed by atoms with Crippen molar-refractivity contribution in [2.24, 2.45) is 0 Å². The molecule has 0 aliphatic heterocycles. The molecule has 0 saturated carbocycles. The SMILES string of the molecule is OB(O)c1ccc(S)c2scc(I)c12. The third-order valence-electron chi connectivity index (χ3n) is 1.97. The first-order valence-electron chi connectivity index (χ1n) is 3.86. The predicted molar refractivity (Wildman–Crippen MR) is 71.6 cm³/mol. The van der Waals surface area contributed by atoms with Crippen LogP contribution in [0, 0.1) is 3.57 Å². The molecule has 0 amide bonds. The molecule has 1 aromatic heterocycles. The van der Waals surface area contributed by atoms with Gasteiger partial charge in [0.15, 0.2) is 0 Å². The molecule has 0 unspecified atom stereocenters. The minimum absolute atomic E-state index is 0.545. The van der Waals surface area contributed by atoms with Gasteiger partial charge in [-0.1, -0.05) is 6.07 Å². The van der Waals surface area contributed by atoms with E-state index in [1.54, 1.807) is 23.5 Å². The molecule has 6 heteroatoms. The maximum Gasteiger partial charge on any atom is 0.489 e. The second kappa shape index (κ2) is 4.01. The third-order valence-corrected chi connectivity index (χ3v) is 4.78. The Morgan fingerprint density at radius 2 is 2.07 bits per heavy atom. The highest BCUT2D eigenvalue weighted by atomic mass is 127. The fourth-order valence-electron chi connectivity index (χ4n) is 1.34. The molecular weight excluding hydrogens is 330 g/mol. The lowest BCUT2D eigenvalue weighted by Gasteiger charge is -2.03. The second-order valence-corrected chi connectivity index (χ2v) is 5.36. The summed E-state index contributed by atoms with van der Waals surface area (Å²) in [7, 11) is -1.42. The van der Waals surface area contributed by atoms with E-state index in [2.05, 4.69) is 35.2 Å². The van der Waals surface area contributed by atoms with Crippen LogP contribution in [-0.4, -0.2) is 17.2 Å². The minimum Gasteiger partial charge on any atom is -0.423 e. The van der Waals surface area contributed by atoms with Crippen molar-refractivity contribution >= 4 is 69.2 Å². The van der Waals surface area contributed by atoms with Crippen LogP contribution in [0.4, 0.5) is 0 Å². The lowest BCUT2D eigenvalue weighted by Crippen LogP contribution is -2.30. The summed E-state index contributed by atoms with van der Waals surface area (Å²) in [5.74, 6) is 0. The zero-order chi connectivity index (χ0) is 10.3. The van der Waals surface area contributed by atoms with E-state index in [0.717, 1.165) is 18.6 Å². The topological polar surface area (TPSA) is 40.5 Å². The molecule has 2 aromatic rings. The van der Waals surface area contributed by atoms with Crippen molar-refractivity contribution in [2.45, 2.75) is 4.90 Å². The number of thiophene rings is 1. The number of thiol groups is 1. The molecule has 1 heterocycles. The molecule has 0 aliphatic carbocycles. The molecule has 2 N–H and O–H groups in total. The number of rotatable bonds is 1. The Balaban J connectivity index is 2.85. The van der Waals surface area contributed by atoms with E-state index >= 15 is 0 Å². The van der Waals surface area contributed by atoms with Gasteiger partial charge >= 0.3 is 7.12 Å². The molecule has 2 nitrogen and oxygen atoms in total. The molecule has 0 radical (unpaired) electrons. The molecule has 0 bridgehead atoms. The second-order valence-electron chi connectivity index (χ2n) is 2.84. The zero-order valence-corrected chi connectivity index (χ0v) is 10.8. The van der Waals surface area contributed by atoms with Gasteiger partial charge in [0.2, 0.25) is 0 Å². The van der Waals surface area contributed by atoms with E-state index in [9.17, 15) is 10.0 Å². The minimum atomic E-state index is -1.42. The van der Waals surface area contributed by atoms with E-state index < -0.39 is 7.12 Å².